The average Bonchev–Trinajstić information content (AvgIpc) is 2.70. The number of urea groups is 1. The summed E-state index contributed by atoms with van der Waals surface area (Å²) in [6.45, 7) is 6.43. The summed E-state index contributed by atoms with van der Waals surface area (Å²) in [5, 5.41) is 6.18. The summed E-state index contributed by atoms with van der Waals surface area (Å²) >= 11 is 0. The lowest BCUT2D eigenvalue weighted by atomic mass is 9.95. The molecule has 150 valence electrons. The predicted molar refractivity (Wildman–Crippen MR) is 106 cm³/mol. The van der Waals surface area contributed by atoms with Gasteiger partial charge in [-0.3, -0.25) is 4.90 Å². The van der Waals surface area contributed by atoms with Gasteiger partial charge in [0.05, 0.1) is 13.2 Å². The molecule has 2 fully saturated rings. The first-order valence-corrected chi connectivity index (χ1v) is 10.2. The summed E-state index contributed by atoms with van der Waals surface area (Å²) in [6.07, 6.45) is 4.15. The number of rotatable bonds is 6. The van der Waals surface area contributed by atoms with Crippen LogP contribution in [0.2, 0.25) is 0 Å². The molecule has 0 spiro atoms. The van der Waals surface area contributed by atoms with E-state index in [2.05, 4.69) is 28.5 Å². The first-order valence-electron chi connectivity index (χ1n) is 10.2. The zero-order chi connectivity index (χ0) is 19.1. The zero-order valence-electron chi connectivity index (χ0n) is 16.6. The number of likely N-dealkylation sites (tertiary alicyclic amines) is 1. The van der Waals surface area contributed by atoms with E-state index >= 15 is 0 Å². The van der Waals surface area contributed by atoms with Gasteiger partial charge in [0, 0.05) is 31.4 Å². The minimum Gasteiger partial charge on any atom is -0.496 e. The number of hydrogen-bond donors (Lipinski definition) is 2. The highest BCUT2D eigenvalue weighted by Crippen LogP contribution is 2.31. The van der Waals surface area contributed by atoms with Crippen LogP contribution in [0.3, 0.4) is 0 Å². The number of methoxy groups -OCH3 is 1. The summed E-state index contributed by atoms with van der Waals surface area (Å²) in [5.74, 6) is 1.65. The van der Waals surface area contributed by atoms with Gasteiger partial charge in [0.25, 0.3) is 0 Å². The van der Waals surface area contributed by atoms with Crippen molar-refractivity contribution in [2.24, 2.45) is 5.92 Å². The van der Waals surface area contributed by atoms with Crippen molar-refractivity contribution >= 4 is 6.03 Å². The lowest BCUT2D eigenvalue weighted by Crippen LogP contribution is -2.48. The van der Waals surface area contributed by atoms with Crippen LogP contribution in [0.15, 0.2) is 24.3 Å². The Balaban J connectivity index is 1.65. The van der Waals surface area contributed by atoms with Crippen molar-refractivity contribution in [2.75, 3.05) is 40.0 Å². The number of carbonyl (C=O) groups excluding carboxylic acids is 1. The zero-order valence-corrected chi connectivity index (χ0v) is 16.6. The van der Waals surface area contributed by atoms with E-state index in [1.807, 2.05) is 18.2 Å². The molecule has 1 unspecified atom stereocenters. The SMILES string of the molecule is COc1ccccc1C(CNC(=O)NC1CCOCC1)N1CCC(C)CC1. The number of piperidine rings is 1. The van der Waals surface area contributed by atoms with Gasteiger partial charge in [-0.05, 0) is 50.8 Å². The summed E-state index contributed by atoms with van der Waals surface area (Å²) < 4.78 is 11.0. The lowest BCUT2D eigenvalue weighted by Gasteiger charge is -2.37. The molecule has 2 aliphatic rings. The molecule has 3 rings (SSSR count). The third kappa shape index (κ3) is 5.59. The highest BCUT2D eigenvalue weighted by Gasteiger charge is 2.27. The van der Waals surface area contributed by atoms with Crippen LogP contribution in [0.25, 0.3) is 0 Å². The van der Waals surface area contributed by atoms with Crippen molar-refractivity contribution in [3.8, 4) is 5.75 Å². The van der Waals surface area contributed by atoms with E-state index in [1.54, 1.807) is 7.11 Å². The maximum atomic E-state index is 12.4. The van der Waals surface area contributed by atoms with Crippen molar-refractivity contribution in [3.63, 3.8) is 0 Å². The highest BCUT2D eigenvalue weighted by molar-refractivity contribution is 5.74. The molecule has 27 heavy (non-hydrogen) atoms. The fourth-order valence-corrected chi connectivity index (χ4v) is 3.99. The maximum Gasteiger partial charge on any atom is 0.315 e. The Morgan fingerprint density at radius 2 is 1.93 bits per heavy atom. The van der Waals surface area contributed by atoms with E-state index in [-0.39, 0.29) is 18.1 Å². The highest BCUT2D eigenvalue weighted by atomic mass is 16.5. The van der Waals surface area contributed by atoms with Gasteiger partial charge in [-0.15, -0.1) is 0 Å². The van der Waals surface area contributed by atoms with Crippen LogP contribution < -0.4 is 15.4 Å². The van der Waals surface area contributed by atoms with E-state index in [4.69, 9.17) is 9.47 Å². The number of hydrogen-bond acceptors (Lipinski definition) is 4. The average molecular weight is 376 g/mol. The van der Waals surface area contributed by atoms with Gasteiger partial charge >= 0.3 is 6.03 Å². The van der Waals surface area contributed by atoms with Crippen LogP contribution in [0, 0.1) is 5.92 Å². The smallest absolute Gasteiger partial charge is 0.315 e. The second kappa shape index (κ2) is 9.95. The number of amides is 2. The van der Waals surface area contributed by atoms with Crippen LogP contribution >= 0.6 is 0 Å². The molecule has 1 aromatic rings. The van der Waals surface area contributed by atoms with Crippen molar-refractivity contribution in [3.05, 3.63) is 29.8 Å². The van der Waals surface area contributed by atoms with Gasteiger partial charge in [-0.25, -0.2) is 4.79 Å². The van der Waals surface area contributed by atoms with E-state index in [9.17, 15) is 4.79 Å². The van der Waals surface area contributed by atoms with Gasteiger partial charge in [-0.2, -0.15) is 0 Å². The normalized spacial score (nSPS) is 20.8. The Morgan fingerprint density at radius 1 is 1.22 bits per heavy atom. The Hall–Kier alpha value is -1.79. The molecule has 0 saturated carbocycles. The fourth-order valence-electron chi connectivity index (χ4n) is 3.99. The van der Waals surface area contributed by atoms with Crippen LogP contribution in [0.5, 0.6) is 5.75 Å². The molecule has 1 aromatic carbocycles. The fraction of sp³-hybridized carbons (Fsp3) is 0.667. The molecule has 2 N–H and O–H groups in total. The maximum absolute atomic E-state index is 12.4. The minimum absolute atomic E-state index is 0.0906. The quantitative estimate of drug-likeness (QED) is 0.802. The van der Waals surface area contributed by atoms with Gasteiger partial charge in [0.1, 0.15) is 5.75 Å². The molecule has 0 radical (unpaired) electrons. The number of carbonyl (C=O) groups is 1. The second-order valence-corrected chi connectivity index (χ2v) is 7.72. The predicted octanol–water partition coefficient (Wildman–Crippen LogP) is 2.95. The van der Waals surface area contributed by atoms with Gasteiger partial charge in [0.2, 0.25) is 0 Å². The van der Waals surface area contributed by atoms with Gasteiger partial charge < -0.3 is 20.1 Å². The summed E-state index contributed by atoms with van der Waals surface area (Å²) in [6, 6.07) is 8.37. The number of para-hydroxylation sites is 1. The van der Waals surface area contributed by atoms with Crippen LogP contribution in [0.1, 0.15) is 44.2 Å². The number of benzene rings is 1. The summed E-state index contributed by atoms with van der Waals surface area (Å²) in [7, 11) is 1.71. The number of nitrogens with zero attached hydrogens (tertiary/aromatic N) is 1. The Morgan fingerprint density at radius 3 is 2.63 bits per heavy atom. The Bertz CT molecular complexity index is 596. The van der Waals surface area contributed by atoms with Crippen molar-refractivity contribution in [1.29, 1.82) is 0 Å². The van der Waals surface area contributed by atoms with Crippen molar-refractivity contribution < 1.29 is 14.3 Å². The molecule has 2 saturated heterocycles. The van der Waals surface area contributed by atoms with Crippen molar-refractivity contribution in [1.82, 2.24) is 15.5 Å². The van der Waals surface area contributed by atoms with Crippen molar-refractivity contribution in [2.45, 2.75) is 44.7 Å². The molecule has 0 bridgehead atoms. The van der Waals surface area contributed by atoms with Crippen LogP contribution in [0.4, 0.5) is 4.79 Å². The molecular weight excluding hydrogens is 342 g/mol. The molecule has 0 aliphatic carbocycles. The van der Waals surface area contributed by atoms with Gasteiger partial charge in [-0.1, -0.05) is 25.1 Å². The third-order valence-electron chi connectivity index (χ3n) is 5.77. The van der Waals surface area contributed by atoms with Gasteiger partial charge in [0.15, 0.2) is 0 Å². The monoisotopic (exact) mass is 375 g/mol. The molecule has 2 amide bonds. The van der Waals surface area contributed by atoms with E-state index in [0.717, 1.165) is 56.4 Å². The van der Waals surface area contributed by atoms with Crippen LogP contribution in [-0.2, 0) is 4.74 Å². The summed E-state index contributed by atoms with van der Waals surface area (Å²) in [5.41, 5.74) is 1.14. The molecule has 0 aromatic heterocycles. The van der Waals surface area contributed by atoms with E-state index in [0.29, 0.717) is 6.54 Å². The third-order valence-corrected chi connectivity index (χ3v) is 5.77. The van der Waals surface area contributed by atoms with E-state index in [1.165, 1.54) is 12.8 Å². The molecule has 2 heterocycles. The number of nitrogens with one attached hydrogen (secondary N) is 2. The van der Waals surface area contributed by atoms with Crippen LogP contribution in [-0.4, -0.2) is 56.9 Å². The van der Waals surface area contributed by atoms with E-state index < -0.39 is 0 Å². The Kier molecular flexibility index (Phi) is 7.35. The first-order chi connectivity index (χ1) is 13.2. The molecule has 6 nitrogen and oxygen atoms in total. The topological polar surface area (TPSA) is 62.8 Å². The molecule has 6 heteroatoms. The standard InChI is InChI=1S/C21H33N3O3/c1-16-7-11-24(12-8-16)19(18-5-3-4-6-20(18)26-2)15-22-21(25)23-17-9-13-27-14-10-17/h3-6,16-17,19H,7-15H2,1-2H3,(H2,22,23,25). The molecule has 1 atom stereocenters. The molecule has 2 aliphatic heterocycles. The minimum atomic E-state index is -0.0906. The summed E-state index contributed by atoms with van der Waals surface area (Å²) in [4.78, 5) is 14.9. The largest absolute Gasteiger partial charge is 0.496 e. The Labute approximate surface area is 162 Å². The number of ether oxygens (including phenoxy) is 2. The lowest BCUT2D eigenvalue weighted by molar-refractivity contribution is 0.0798. The first kappa shape index (κ1) is 20.0. The second-order valence-electron chi connectivity index (χ2n) is 7.72. The molecular formula is C21H33N3O3.